The third-order valence-corrected chi connectivity index (χ3v) is 3.15. The summed E-state index contributed by atoms with van der Waals surface area (Å²) in [6.45, 7) is 0.457. The molecule has 1 aliphatic rings. The first-order chi connectivity index (χ1) is 9.62. The van der Waals surface area contributed by atoms with Gasteiger partial charge in [0.1, 0.15) is 6.61 Å². The number of carboxylic acid groups (broad SMARTS) is 1. The fourth-order valence-electron chi connectivity index (χ4n) is 2.02. The van der Waals surface area contributed by atoms with E-state index in [0.717, 1.165) is 5.56 Å². The standard InChI is InChI=1S/C14H17NO5/c16-12(9-20-8-11-4-2-1-3-5-11)15-14(13(17)18)6-7-19-10-14/h1-5H,6-10H2,(H,15,16)(H,17,18). The molecule has 1 unspecified atom stereocenters. The molecular weight excluding hydrogens is 262 g/mol. The van der Waals surface area contributed by atoms with Crippen LogP contribution >= 0.6 is 0 Å². The molecule has 108 valence electrons. The normalized spacial score (nSPS) is 21.6. The van der Waals surface area contributed by atoms with Crippen molar-refractivity contribution in [3.63, 3.8) is 0 Å². The van der Waals surface area contributed by atoms with Crippen LogP contribution in [0, 0.1) is 0 Å². The number of nitrogens with one attached hydrogen (secondary N) is 1. The van der Waals surface area contributed by atoms with Crippen LogP contribution in [0.25, 0.3) is 0 Å². The van der Waals surface area contributed by atoms with Crippen LogP contribution in [0.4, 0.5) is 0 Å². The van der Waals surface area contributed by atoms with Crippen molar-refractivity contribution in [2.75, 3.05) is 19.8 Å². The summed E-state index contributed by atoms with van der Waals surface area (Å²) in [7, 11) is 0. The Kier molecular flexibility index (Phi) is 4.70. The van der Waals surface area contributed by atoms with Crippen LogP contribution < -0.4 is 5.32 Å². The average Bonchev–Trinajstić information content (AvgIpc) is 2.90. The molecular formula is C14H17NO5. The van der Waals surface area contributed by atoms with Crippen molar-refractivity contribution in [2.45, 2.75) is 18.6 Å². The Balaban J connectivity index is 1.79. The summed E-state index contributed by atoms with van der Waals surface area (Å²) in [5.74, 6) is -1.53. The Labute approximate surface area is 116 Å². The zero-order valence-corrected chi connectivity index (χ0v) is 11.0. The summed E-state index contributed by atoms with van der Waals surface area (Å²) in [6, 6.07) is 9.44. The number of carbonyl (C=O) groups excluding carboxylic acids is 1. The molecule has 1 fully saturated rings. The third-order valence-electron chi connectivity index (χ3n) is 3.15. The van der Waals surface area contributed by atoms with Gasteiger partial charge in [0.05, 0.1) is 13.2 Å². The molecule has 1 aliphatic heterocycles. The summed E-state index contributed by atoms with van der Waals surface area (Å²) < 4.78 is 10.3. The quantitative estimate of drug-likeness (QED) is 0.795. The van der Waals surface area contributed by atoms with Gasteiger partial charge in [-0.3, -0.25) is 4.79 Å². The Morgan fingerprint density at radius 1 is 1.35 bits per heavy atom. The van der Waals surface area contributed by atoms with Gasteiger partial charge in [-0.2, -0.15) is 0 Å². The molecule has 1 heterocycles. The molecule has 0 saturated carbocycles. The van der Waals surface area contributed by atoms with Crippen molar-refractivity contribution in [3.8, 4) is 0 Å². The van der Waals surface area contributed by atoms with Gasteiger partial charge in [0.2, 0.25) is 5.91 Å². The van der Waals surface area contributed by atoms with Gasteiger partial charge >= 0.3 is 5.97 Å². The lowest BCUT2D eigenvalue weighted by Crippen LogP contribution is -2.56. The number of rotatable bonds is 6. The highest BCUT2D eigenvalue weighted by atomic mass is 16.5. The van der Waals surface area contributed by atoms with E-state index in [1.807, 2.05) is 30.3 Å². The van der Waals surface area contributed by atoms with Crippen LogP contribution in [0.5, 0.6) is 0 Å². The SMILES string of the molecule is O=C(COCc1ccccc1)NC1(C(=O)O)CCOC1. The Morgan fingerprint density at radius 2 is 2.10 bits per heavy atom. The summed E-state index contributed by atoms with van der Waals surface area (Å²) in [5, 5.41) is 11.7. The first-order valence-electron chi connectivity index (χ1n) is 6.36. The lowest BCUT2D eigenvalue weighted by Gasteiger charge is -2.23. The summed E-state index contributed by atoms with van der Waals surface area (Å²) in [4.78, 5) is 23.0. The number of aliphatic carboxylic acids is 1. The molecule has 1 amide bonds. The smallest absolute Gasteiger partial charge is 0.331 e. The maximum atomic E-state index is 11.7. The van der Waals surface area contributed by atoms with Gasteiger partial charge in [-0.15, -0.1) is 0 Å². The van der Waals surface area contributed by atoms with E-state index < -0.39 is 17.4 Å². The van der Waals surface area contributed by atoms with Gasteiger partial charge in [-0.25, -0.2) is 4.79 Å². The van der Waals surface area contributed by atoms with Gasteiger partial charge in [0.25, 0.3) is 0 Å². The highest BCUT2D eigenvalue weighted by molar-refractivity contribution is 5.87. The lowest BCUT2D eigenvalue weighted by atomic mass is 9.99. The first-order valence-corrected chi connectivity index (χ1v) is 6.36. The summed E-state index contributed by atoms with van der Waals surface area (Å²) in [5.41, 5.74) is -0.356. The molecule has 1 aromatic carbocycles. The fraction of sp³-hybridized carbons (Fsp3) is 0.429. The minimum Gasteiger partial charge on any atom is -0.479 e. The fourth-order valence-corrected chi connectivity index (χ4v) is 2.02. The second kappa shape index (κ2) is 6.49. The third kappa shape index (κ3) is 3.55. The number of amides is 1. The molecule has 0 radical (unpaired) electrons. The summed E-state index contributed by atoms with van der Waals surface area (Å²) >= 11 is 0. The van der Waals surface area contributed by atoms with Crippen LogP contribution in [-0.2, 0) is 25.7 Å². The van der Waals surface area contributed by atoms with Crippen LogP contribution in [-0.4, -0.2) is 42.3 Å². The van der Waals surface area contributed by atoms with Crippen LogP contribution in [0.2, 0.25) is 0 Å². The molecule has 1 saturated heterocycles. The van der Waals surface area contributed by atoms with E-state index in [1.165, 1.54) is 0 Å². The van der Waals surface area contributed by atoms with Gasteiger partial charge in [0.15, 0.2) is 5.54 Å². The summed E-state index contributed by atoms with van der Waals surface area (Å²) in [6.07, 6.45) is 0.271. The predicted molar refractivity (Wildman–Crippen MR) is 70.0 cm³/mol. The second-order valence-corrected chi connectivity index (χ2v) is 4.72. The van der Waals surface area contributed by atoms with Crippen molar-refractivity contribution in [1.82, 2.24) is 5.32 Å². The zero-order chi connectivity index (χ0) is 14.4. The largest absolute Gasteiger partial charge is 0.479 e. The van der Waals surface area contributed by atoms with Crippen molar-refractivity contribution in [1.29, 1.82) is 0 Å². The second-order valence-electron chi connectivity index (χ2n) is 4.72. The Hall–Kier alpha value is -1.92. The molecule has 0 aliphatic carbocycles. The molecule has 0 aromatic heterocycles. The molecule has 2 N–H and O–H groups in total. The zero-order valence-electron chi connectivity index (χ0n) is 11.0. The number of carboxylic acids is 1. The molecule has 1 atom stereocenters. The maximum absolute atomic E-state index is 11.7. The van der Waals surface area contributed by atoms with Crippen LogP contribution in [0.3, 0.4) is 0 Å². The minimum atomic E-state index is -1.31. The topological polar surface area (TPSA) is 84.9 Å². The molecule has 20 heavy (non-hydrogen) atoms. The van der Waals surface area contributed by atoms with E-state index in [9.17, 15) is 14.7 Å². The lowest BCUT2D eigenvalue weighted by molar-refractivity contribution is -0.148. The molecule has 0 bridgehead atoms. The number of carbonyl (C=O) groups is 2. The van der Waals surface area contributed by atoms with Gasteiger partial charge in [0, 0.05) is 13.0 Å². The molecule has 6 nitrogen and oxygen atoms in total. The van der Waals surface area contributed by atoms with Gasteiger partial charge in [-0.1, -0.05) is 30.3 Å². The van der Waals surface area contributed by atoms with Crippen LogP contribution in [0.1, 0.15) is 12.0 Å². The molecule has 2 rings (SSSR count). The maximum Gasteiger partial charge on any atom is 0.331 e. The van der Waals surface area contributed by atoms with E-state index in [1.54, 1.807) is 0 Å². The van der Waals surface area contributed by atoms with E-state index in [0.29, 0.717) is 13.2 Å². The minimum absolute atomic E-state index is 0.00718. The van der Waals surface area contributed by atoms with Crippen molar-refractivity contribution in [3.05, 3.63) is 35.9 Å². The van der Waals surface area contributed by atoms with E-state index in [4.69, 9.17) is 9.47 Å². The first kappa shape index (κ1) is 14.5. The number of ether oxygens (including phenoxy) is 2. The predicted octanol–water partition coefficient (Wildman–Crippen LogP) is 0.563. The number of benzene rings is 1. The molecule has 0 spiro atoms. The van der Waals surface area contributed by atoms with Crippen LogP contribution in [0.15, 0.2) is 30.3 Å². The van der Waals surface area contributed by atoms with Gasteiger partial charge < -0.3 is 19.9 Å². The van der Waals surface area contributed by atoms with Gasteiger partial charge in [-0.05, 0) is 5.56 Å². The highest BCUT2D eigenvalue weighted by Gasteiger charge is 2.43. The van der Waals surface area contributed by atoms with E-state index in [2.05, 4.69) is 5.32 Å². The molecule has 1 aromatic rings. The number of hydrogen-bond acceptors (Lipinski definition) is 4. The molecule has 6 heteroatoms. The van der Waals surface area contributed by atoms with E-state index >= 15 is 0 Å². The Morgan fingerprint density at radius 3 is 2.70 bits per heavy atom. The number of hydrogen-bond donors (Lipinski definition) is 2. The monoisotopic (exact) mass is 279 g/mol. The van der Waals surface area contributed by atoms with E-state index in [-0.39, 0.29) is 19.6 Å². The van der Waals surface area contributed by atoms with Crippen molar-refractivity contribution < 1.29 is 24.2 Å². The Bertz CT molecular complexity index is 468. The average molecular weight is 279 g/mol. The van der Waals surface area contributed by atoms with Crippen molar-refractivity contribution >= 4 is 11.9 Å². The van der Waals surface area contributed by atoms with Crippen molar-refractivity contribution in [2.24, 2.45) is 0 Å². The highest BCUT2D eigenvalue weighted by Crippen LogP contribution is 2.18.